The van der Waals surface area contributed by atoms with E-state index in [4.69, 9.17) is 14.0 Å². The summed E-state index contributed by atoms with van der Waals surface area (Å²) in [7, 11) is -2.85. The second-order valence-corrected chi connectivity index (χ2v) is 9.73. The molecule has 2 heterocycles. The maximum absolute atomic E-state index is 13.3. The first-order valence-electron chi connectivity index (χ1n) is 10.7. The molecular weight excluding hydrogens is 482 g/mol. The van der Waals surface area contributed by atoms with Gasteiger partial charge in [-0.25, -0.2) is 17.2 Å². The monoisotopic (exact) mass is 506 g/mol. The molecule has 2 aromatic carbocycles. The molecule has 12 heteroatoms. The zero-order valence-corrected chi connectivity index (χ0v) is 20.1. The van der Waals surface area contributed by atoms with Gasteiger partial charge in [-0.05, 0) is 47.4 Å². The first-order valence-corrected chi connectivity index (χ1v) is 12.2. The molecule has 0 unspecified atom stereocenters. The number of fused-ring (bicyclic) bond motifs is 1. The Kier molecular flexibility index (Phi) is 6.92. The average Bonchev–Trinajstić information content (AvgIpc) is 3.47. The highest BCUT2D eigenvalue weighted by Gasteiger charge is 2.26. The average molecular weight is 507 g/mol. The molecule has 0 atom stereocenters. The molecule has 35 heavy (non-hydrogen) atoms. The molecule has 186 valence electrons. The number of hydrogen-bond acceptors (Lipinski definition) is 7. The number of alkyl halides is 2. The predicted molar refractivity (Wildman–Crippen MR) is 125 cm³/mol. The van der Waals surface area contributed by atoms with Crippen molar-refractivity contribution in [1.82, 2.24) is 14.9 Å². The smallest absolute Gasteiger partial charge is 0.272 e. The second kappa shape index (κ2) is 9.90. The molecule has 9 nitrogen and oxygen atoms in total. The van der Waals surface area contributed by atoms with Crippen LogP contribution in [0.1, 0.15) is 30.9 Å². The highest BCUT2D eigenvalue weighted by Crippen LogP contribution is 2.36. The fraction of sp³-hybridized carbons (Fsp3) is 0.304. The molecule has 0 spiro atoms. The Hall–Kier alpha value is -3.67. The minimum Gasteiger partial charge on any atom is -0.496 e. The second-order valence-electron chi connectivity index (χ2n) is 8.07. The Morgan fingerprint density at radius 1 is 1.17 bits per heavy atom. The van der Waals surface area contributed by atoms with Crippen molar-refractivity contribution in [2.45, 2.75) is 37.6 Å². The van der Waals surface area contributed by atoms with Crippen LogP contribution >= 0.6 is 0 Å². The fourth-order valence-corrected chi connectivity index (χ4v) is 4.73. The number of nitrogens with one attached hydrogen (secondary N) is 1. The van der Waals surface area contributed by atoms with Crippen molar-refractivity contribution in [3.8, 4) is 11.5 Å². The van der Waals surface area contributed by atoms with E-state index in [1.54, 1.807) is 41.3 Å². The topological polar surface area (TPSA) is 108 Å². The standard InChI is InChI=1S/C23H24F2N4O5S/c1-14(2)16-5-6-17(33-13-21(24)25)20(11-16)35(30,31)28-23-22-18(32-3)9-15(10-19(22)34-27-23)12-29-8-4-7-26-29/h4-11,14,21H,12-13H2,1-3H3,(H,27,28). The molecule has 0 aliphatic carbocycles. The lowest BCUT2D eigenvalue weighted by Crippen LogP contribution is -2.17. The van der Waals surface area contributed by atoms with Gasteiger partial charge in [-0.3, -0.25) is 9.40 Å². The number of hydrogen-bond donors (Lipinski definition) is 1. The number of rotatable bonds is 10. The van der Waals surface area contributed by atoms with Gasteiger partial charge in [0.15, 0.2) is 11.4 Å². The lowest BCUT2D eigenvalue weighted by Gasteiger charge is -2.15. The molecule has 0 saturated carbocycles. The van der Waals surface area contributed by atoms with Crippen molar-refractivity contribution in [2.24, 2.45) is 0 Å². The van der Waals surface area contributed by atoms with Crippen LogP contribution in [0, 0.1) is 0 Å². The number of anilines is 1. The Balaban J connectivity index is 1.72. The highest BCUT2D eigenvalue weighted by atomic mass is 32.2. The van der Waals surface area contributed by atoms with Crippen LogP contribution in [0.2, 0.25) is 0 Å². The molecule has 0 amide bonds. The van der Waals surface area contributed by atoms with Crippen molar-refractivity contribution < 1.29 is 31.2 Å². The summed E-state index contributed by atoms with van der Waals surface area (Å²) in [5.41, 5.74) is 1.80. The van der Waals surface area contributed by atoms with Crippen LogP contribution in [-0.4, -0.2) is 43.5 Å². The lowest BCUT2D eigenvalue weighted by atomic mass is 10.0. The number of halogens is 2. The summed E-state index contributed by atoms with van der Waals surface area (Å²) in [4.78, 5) is -0.283. The van der Waals surface area contributed by atoms with Crippen molar-refractivity contribution in [3.05, 3.63) is 59.9 Å². The zero-order chi connectivity index (χ0) is 25.2. The fourth-order valence-electron chi connectivity index (χ4n) is 3.54. The molecule has 4 aromatic rings. The quantitative estimate of drug-likeness (QED) is 0.334. The highest BCUT2D eigenvalue weighted by molar-refractivity contribution is 7.92. The van der Waals surface area contributed by atoms with Gasteiger partial charge in [0.1, 0.15) is 28.4 Å². The minimum absolute atomic E-state index is 0.00530. The van der Waals surface area contributed by atoms with E-state index in [9.17, 15) is 17.2 Å². The van der Waals surface area contributed by atoms with Gasteiger partial charge < -0.3 is 14.0 Å². The number of benzene rings is 2. The molecule has 4 rings (SSSR count). The Bertz CT molecular complexity index is 1420. The zero-order valence-electron chi connectivity index (χ0n) is 19.2. The van der Waals surface area contributed by atoms with Crippen LogP contribution in [0.25, 0.3) is 11.0 Å². The Labute approximate surface area is 200 Å². The van der Waals surface area contributed by atoms with E-state index in [0.717, 1.165) is 5.56 Å². The van der Waals surface area contributed by atoms with Gasteiger partial charge in [-0.15, -0.1) is 0 Å². The summed E-state index contributed by atoms with van der Waals surface area (Å²) in [6, 6.07) is 9.64. The Morgan fingerprint density at radius 2 is 1.97 bits per heavy atom. The molecule has 0 fully saturated rings. The summed E-state index contributed by atoms with van der Waals surface area (Å²) in [5, 5.41) is 8.37. The molecule has 1 N–H and O–H groups in total. The minimum atomic E-state index is -4.30. The van der Waals surface area contributed by atoms with Crippen LogP contribution in [0.15, 0.2) is 58.2 Å². The van der Waals surface area contributed by atoms with Gasteiger partial charge >= 0.3 is 0 Å². The third kappa shape index (κ3) is 5.37. The number of sulfonamides is 1. The van der Waals surface area contributed by atoms with E-state index >= 15 is 0 Å². The van der Waals surface area contributed by atoms with E-state index in [-0.39, 0.29) is 22.4 Å². The first-order chi connectivity index (χ1) is 16.7. The number of ether oxygens (including phenoxy) is 2. The van der Waals surface area contributed by atoms with E-state index in [1.807, 2.05) is 13.8 Å². The predicted octanol–water partition coefficient (Wildman–Crippen LogP) is 4.65. The summed E-state index contributed by atoms with van der Waals surface area (Å²) >= 11 is 0. The summed E-state index contributed by atoms with van der Waals surface area (Å²) in [6.07, 6.45) is 0.697. The van der Waals surface area contributed by atoms with Crippen LogP contribution < -0.4 is 14.2 Å². The van der Waals surface area contributed by atoms with E-state index in [2.05, 4.69) is 15.0 Å². The molecular formula is C23H24F2N4O5S. The third-order valence-corrected chi connectivity index (χ3v) is 6.60. The summed E-state index contributed by atoms with van der Waals surface area (Å²) in [5.74, 6) is 0.0451. The summed E-state index contributed by atoms with van der Waals surface area (Å²) in [6.45, 7) is 3.27. The van der Waals surface area contributed by atoms with Crippen LogP contribution in [0.4, 0.5) is 14.6 Å². The maximum atomic E-state index is 13.3. The van der Waals surface area contributed by atoms with Crippen LogP contribution in [0.5, 0.6) is 11.5 Å². The van der Waals surface area contributed by atoms with Crippen molar-refractivity contribution >= 4 is 26.8 Å². The SMILES string of the molecule is COc1cc(Cn2cccn2)cc2onc(NS(=O)(=O)c3cc(C(C)C)ccc3OCC(F)F)c12. The Morgan fingerprint density at radius 3 is 2.63 bits per heavy atom. The first kappa shape index (κ1) is 24.5. The number of nitrogens with zero attached hydrogens (tertiary/aromatic N) is 3. The third-order valence-electron chi connectivity index (χ3n) is 5.24. The molecule has 2 aromatic heterocycles. The molecule has 0 radical (unpaired) electrons. The van der Waals surface area contributed by atoms with Gasteiger partial charge in [0.25, 0.3) is 16.4 Å². The molecule has 0 aliphatic heterocycles. The van der Waals surface area contributed by atoms with Crippen molar-refractivity contribution in [3.63, 3.8) is 0 Å². The lowest BCUT2D eigenvalue weighted by molar-refractivity contribution is 0.0804. The van der Waals surface area contributed by atoms with E-state index in [1.165, 1.54) is 19.2 Å². The van der Waals surface area contributed by atoms with E-state index in [0.29, 0.717) is 28.8 Å². The van der Waals surface area contributed by atoms with Crippen LogP contribution in [-0.2, 0) is 16.6 Å². The van der Waals surface area contributed by atoms with Gasteiger partial charge in [0.2, 0.25) is 0 Å². The maximum Gasteiger partial charge on any atom is 0.272 e. The largest absolute Gasteiger partial charge is 0.496 e. The molecule has 0 aliphatic rings. The summed E-state index contributed by atoms with van der Waals surface area (Å²) < 4.78 is 72.2. The van der Waals surface area contributed by atoms with Crippen LogP contribution in [0.3, 0.4) is 0 Å². The number of aromatic nitrogens is 3. The van der Waals surface area contributed by atoms with Gasteiger partial charge in [-0.1, -0.05) is 25.1 Å². The van der Waals surface area contributed by atoms with Gasteiger partial charge in [0.05, 0.1) is 13.7 Å². The van der Waals surface area contributed by atoms with Crippen molar-refractivity contribution in [1.29, 1.82) is 0 Å². The molecule has 0 saturated heterocycles. The van der Waals surface area contributed by atoms with Gasteiger partial charge in [-0.2, -0.15) is 5.10 Å². The van der Waals surface area contributed by atoms with E-state index < -0.39 is 23.1 Å². The number of methoxy groups -OCH3 is 1. The molecule has 0 bridgehead atoms. The normalized spacial score (nSPS) is 12.0. The van der Waals surface area contributed by atoms with Gasteiger partial charge in [0, 0.05) is 12.4 Å². The van der Waals surface area contributed by atoms with Crippen molar-refractivity contribution in [2.75, 3.05) is 18.4 Å².